The van der Waals surface area contributed by atoms with Gasteiger partial charge in [-0.05, 0) is 38.1 Å². The molecule has 1 aromatic heterocycles. The van der Waals surface area contributed by atoms with E-state index in [2.05, 4.69) is 15.5 Å². The highest BCUT2D eigenvalue weighted by atomic mass is 16.5. The molecule has 1 aromatic rings. The van der Waals surface area contributed by atoms with E-state index in [1.165, 1.54) is 19.3 Å². The van der Waals surface area contributed by atoms with Crippen molar-refractivity contribution in [3.8, 4) is 0 Å². The summed E-state index contributed by atoms with van der Waals surface area (Å²) >= 11 is 0. The summed E-state index contributed by atoms with van der Waals surface area (Å²) in [6.07, 6.45) is 5.70. The molecule has 1 saturated heterocycles. The van der Waals surface area contributed by atoms with Gasteiger partial charge in [0.25, 0.3) is 0 Å². The van der Waals surface area contributed by atoms with Crippen LogP contribution in [0.5, 0.6) is 0 Å². The Bertz CT molecular complexity index is 356. The summed E-state index contributed by atoms with van der Waals surface area (Å²) in [6.45, 7) is 2.65. The fraction of sp³-hybridized carbons (Fsp3) is 0.833. The van der Waals surface area contributed by atoms with Crippen LogP contribution in [0.2, 0.25) is 0 Å². The topological polar surface area (TPSA) is 60.2 Å². The van der Waals surface area contributed by atoms with E-state index in [1.54, 1.807) is 0 Å². The largest absolute Gasteiger partial charge is 0.381 e. The van der Waals surface area contributed by atoms with E-state index < -0.39 is 0 Å². The molecule has 1 saturated carbocycles. The van der Waals surface area contributed by atoms with Crippen LogP contribution < -0.4 is 5.32 Å². The first-order valence-electron chi connectivity index (χ1n) is 6.55. The fourth-order valence-corrected chi connectivity index (χ4v) is 2.10. The van der Waals surface area contributed by atoms with Crippen molar-refractivity contribution in [2.45, 2.75) is 38.1 Å². The molecule has 1 aliphatic carbocycles. The van der Waals surface area contributed by atoms with Gasteiger partial charge in [-0.2, -0.15) is 4.98 Å². The molecule has 17 heavy (non-hydrogen) atoms. The molecule has 2 aliphatic rings. The van der Waals surface area contributed by atoms with Crippen molar-refractivity contribution in [2.24, 2.45) is 5.92 Å². The fourth-order valence-electron chi connectivity index (χ4n) is 2.10. The molecule has 0 spiro atoms. The summed E-state index contributed by atoms with van der Waals surface area (Å²) in [5.41, 5.74) is 0. The molecule has 1 N–H and O–H groups in total. The van der Waals surface area contributed by atoms with Crippen molar-refractivity contribution < 1.29 is 9.26 Å². The van der Waals surface area contributed by atoms with Crippen molar-refractivity contribution in [3.05, 3.63) is 11.7 Å². The Hall–Kier alpha value is -0.940. The number of rotatable bonds is 6. The second kappa shape index (κ2) is 5.14. The lowest BCUT2D eigenvalue weighted by Gasteiger charge is -2.01. The minimum absolute atomic E-state index is 0.267. The quantitative estimate of drug-likeness (QED) is 0.759. The van der Waals surface area contributed by atoms with Crippen molar-refractivity contribution >= 4 is 0 Å². The van der Waals surface area contributed by atoms with Crippen LogP contribution in [-0.2, 0) is 11.2 Å². The van der Waals surface area contributed by atoms with Gasteiger partial charge in [0.05, 0.1) is 12.6 Å². The molecule has 3 rings (SSSR count). The van der Waals surface area contributed by atoms with E-state index in [9.17, 15) is 0 Å². The molecule has 0 aromatic carbocycles. The van der Waals surface area contributed by atoms with Crippen LogP contribution in [0.3, 0.4) is 0 Å². The lowest BCUT2D eigenvalue weighted by Crippen LogP contribution is -2.13. The molecule has 0 unspecified atom stereocenters. The molecule has 0 radical (unpaired) electrons. The van der Waals surface area contributed by atoms with E-state index in [0.29, 0.717) is 6.61 Å². The lowest BCUT2D eigenvalue weighted by molar-refractivity contribution is 0.125. The van der Waals surface area contributed by atoms with Gasteiger partial charge in [0.15, 0.2) is 5.82 Å². The van der Waals surface area contributed by atoms with Gasteiger partial charge in [-0.1, -0.05) is 5.16 Å². The number of nitrogens with one attached hydrogen (secondary N) is 1. The zero-order valence-electron chi connectivity index (χ0n) is 10.0. The second-order valence-corrected chi connectivity index (χ2v) is 4.97. The smallest absolute Gasteiger partial charge is 0.243 e. The Morgan fingerprint density at radius 1 is 1.35 bits per heavy atom. The van der Waals surface area contributed by atoms with E-state index in [4.69, 9.17) is 9.26 Å². The molecular weight excluding hydrogens is 218 g/mol. The van der Waals surface area contributed by atoms with E-state index in [0.717, 1.165) is 43.6 Å². The number of nitrogens with zero attached hydrogens (tertiary/aromatic N) is 2. The van der Waals surface area contributed by atoms with Gasteiger partial charge >= 0.3 is 0 Å². The minimum Gasteiger partial charge on any atom is -0.381 e. The summed E-state index contributed by atoms with van der Waals surface area (Å²) in [6, 6.07) is 0.267. The molecule has 1 aliphatic heterocycles. The predicted molar refractivity (Wildman–Crippen MR) is 61.5 cm³/mol. The van der Waals surface area contributed by atoms with Crippen LogP contribution in [0.25, 0.3) is 0 Å². The molecule has 2 fully saturated rings. The highest BCUT2D eigenvalue weighted by Gasteiger charge is 2.23. The number of aromatic nitrogens is 2. The van der Waals surface area contributed by atoms with Crippen molar-refractivity contribution in [3.63, 3.8) is 0 Å². The highest BCUT2D eigenvalue weighted by molar-refractivity contribution is 4.95. The number of hydrogen-bond donors (Lipinski definition) is 1. The monoisotopic (exact) mass is 237 g/mol. The van der Waals surface area contributed by atoms with Gasteiger partial charge in [-0.15, -0.1) is 0 Å². The maximum absolute atomic E-state index is 5.56. The highest BCUT2D eigenvalue weighted by Crippen LogP contribution is 2.28. The van der Waals surface area contributed by atoms with Crippen LogP contribution in [0.1, 0.15) is 43.4 Å². The van der Waals surface area contributed by atoms with E-state index in [1.807, 2.05) is 0 Å². The van der Waals surface area contributed by atoms with E-state index >= 15 is 0 Å². The Morgan fingerprint density at radius 2 is 2.29 bits per heavy atom. The van der Waals surface area contributed by atoms with Crippen LogP contribution in [0.4, 0.5) is 0 Å². The molecule has 5 nitrogen and oxygen atoms in total. The number of ether oxygens (including phenoxy) is 1. The average Bonchev–Trinajstić information content (AvgIpc) is 2.84. The standard InChI is InChI=1S/C12H19N3O2/c1-2-10(13-6-1)12-14-11(15-17-12)5-7-16-8-9-3-4-9/h9-10,13H,1-8H2/t10-/m1/s1. The van der Waals surface area contributed by atoms with Crippen molar-refractivity contribution in [1.82, 2.24) is 15.5 Å². The summed E-state index contributed by atoms with van der Waals surface area (Å²) in [5, 5.41) is 7.34. The average molecular weight is 237 g/mol. The third kappa shape index (κ3) is 3.04. The first-order valence-corrected chi connectivity index (χ1v) is 6.55. The van der Waals surface area contributed by atoms with Crippen LogP contribution in [0, 0.1) is 5.92 Å². The van der Waals surface area contributed by atoms with Gasteiger partial charge in [0, 0.05) is 13.0 Å². The normalized spacial score (nSPS) is 24.4. The molecular formula is C12H19N3O2. The Kier molecular flexibility index (Phi) is 3.38. The van der Waals surface area contributed by atoms with Crippen LogP contribution in [0.15, 0.2) is 4.52 Å². The van der Waals surface area contributed by atoms with E-state index in [-0.39, 0.29) is 6.04 Å². The Labute approximate surface area is 101 Å². The van der Waals surface area contributed by atoms with Crippen molar-refractivity contribution in [2.75, 3.05) is 19.8 Å². The lowest BCUT2D eigenvalue weighted by atomic mass is 10.2. The summed E-state index contributed by atoms with van der Waals surface area (Å²) in [5.74, 6) is 2.32. The summed E-state index contributed by atoms with van der Waals surface area (Å²) in [4.78, 5) is 4.40. The Morgan fingerprint density at radius 3 is 3.06 bits per heavy atom. The molecule has 5 heteroatoms. The molecule has 2 heterocycles. The maximum atomic E-state index is 5.56. The van der Waals surface area contributed by atoms with Crippen LogP contribution >= 0.6 is 0 Å². The van der Waals surface area contributed by atoms with Gasteiger partial charge in [-0.25, -0.2) is 0 Å². The molecule has 0 bridgehead atoms. The van der Waals surface area contributed by atoms with Gasteiger partial charge in [-0.3, -0.25) is 0 Å². The van der Waals surface area contributed by atoms with Gasteiger partial charge in [0.2, 0.25) is 5.89 Å². The minimum atomic E-state index is 0.267. The molecule has 1 atom stereocenters. The first kappa shape index (κ1) is 11.2. The SMILES string of the molecule is C1CN[C@@H](c2nc(CCOCC3CC3)no2)C1. The third-order valence-electron chi connectivity index (χ3n) is 3.36. The van der Waals surface area contributed by atoms with Crippen LogP contribution in [-0.4, -0.2) is 29.9 Å². The first-order chi connectivity index (χ1) is 8.42. The predicted octanol–water partition coefficient (Wildman–Crippen LogP) is 1.46. The molecule has 0 amide bonds. The zero-order valence-corrected chi connectivity index (χ0v) is 10.0. The zero-order chi connectivity index (χ0) is 11.5. The maximum Gasteiger partial charge on any atom is 0.243 e. The van der Waals surface area contributed by atoms with Crippen molar-refractivity contribution in [1.29, 1.82) is 0 Å². The third-order valence-corrected chi connectivity index (χ3v) is 3.36. The summed E-state index contributed by atoms with van der Waals surface area (Å²) in [7, 11) is 0. The second-order valence-electron chi connectivity index (χ2n) is 4.97. The number of hydrogen-bond acceptors (Lipinski definition) is 5. The van der Waals surface area contributed by atoms with Gasteiger partial charge < -0.3 is 14.6 Å². The summed E-state index contributed by atoms with van der Waals surface area (Å²) < 4.78 is 10.8. The Balaban J connectivity index is 1.42. The van der Waals surface area contributed by atoms with Gasteiger partial charge in [0.1, 0.15) is 0 Å². The molecule has 94 valence electrons.